The molecule has 2 saturated heterocycles. The van der Waals surface area contributed by atoms with Crippen molar-refractivity contribution in [1.29, 1.82) is 0 Å². The highest BCUT2D eigenvalue weighted by molar-refractivity contribution is 5.78. The van der Waals surface area contributed by atoms with Gasteiger partial charge in [0.25, 0.3) is 0 Å². The number of benzene rings is 1. The monoisotopic (exact) mass is 396 g/mol. The van der Waals surface area contributed by atoms with Crippen molar-refractivity contribution >= 4 is 5.91 Å². The summed E-state index contributed by atoms with van der Waals surface area (Å²) in [5.74, 6) is 0.800. The second kappa shape index (κ2) is 9.09. The Hall–Kier alpha value is -2.18. The van der Waals surface area contributed by atoms with Crippen LogP contribution < -0.4 is 5.32 Å². The molecule has 0 aliphatic carbocycles. The molecule has 1 aromatic carbocycles. The summed E-state index contributed by atoms with van der Waals surface area (Å²) < 4.78 is 7.37. The van der Waals surface area contributed by atoms with Gasteiger partial charge in [0, 0.05) is 25.4 Å². The van der Waals surface area contributed by atoms with Gasteiger partial charge in [0.1, 0.15) is 0 Å². The average Bonchev–Trinajstić information content (AvgIpc) is 3.37. The first-order valence-electron chi connectivity index (χ1n) is 10.8. The number of likely N-dealkylation sites (tertiary alicyclic amines) is 1. The van der Waals surface area contributed by atoms with Crippen molar-refractivity contribution in [3.63, 3.8) is 0 Å². The van der Waals surface area contributed by atoms with Crippen molar-refractivity contribution in [3.05, 3.63) is 47.3 Å². The number of rotatable bonds is 6. The zero-order valence-electron chi connectivity index (χ0n) is 17.6. The Kier molecular flexibility index (Phi) is 6.31. The molecule has 1 aromatic heterocycles. The van der Waals surface area contributed by atoms with Crippen LogP contribution in [0, 0.1) is 25.7 Å². The van der Waals surface area contributed by atoms with Crippen LogP contribution in [-0.2, 0) is 16.1 Å². The van der Waals surface area contributed by atoms with Gasteiger partial charge < -0.3 is 10.1 Å². The van der Waals surface area contributed by atoms with E-state index in [1.807, 2.05) is 6.92 Å². The summed E-state index contributed by atoms with van der Waals surface area (Å²) in [5.41, 5.74) is 4.69. The van der Waals surface area contributed by atoms with Gasteiger partial charge in [-0.05, 0) is 69.8 Å². The van der Waals surface area contributed by atoms with E-state index in [0.29, 0.717) is 12.5 Å². The summed E-state index contributed by atoms with van der Waals surface area (Å²) in [6, 6.07) is 10.7. The molecule has 0 bridgehead atoms. The summed E-state index contributed by atoms with van der Waals surface area (Å²) in [4.78, 5) is 14.7. The number of para-hydroxylation sites is 1. The molecule has 2 aliphatic heterocycles. The number of piperidine rings is 1. The molecule has 0 spiro atoms. The van der Waals surface area contributed by atoms with Gasteiger partial charge in [0.2, 0.25) is 5.91 Å². The van der Waals surface area contributed by atoms with E-state index in [1.165, 1.54) is 11.3 Å². The zero-order valence-corrected chi connectivity index (χ0v) is 17.6. The predicted octanol–water partition coefficient (Wildman–Crippen LogP) is 2.85. The SMILES string of the molecule is Cc1cc(C)n(-c2ccccc2CN2CCC(CNC(=O)C3CCOC3)CC2)n1. The summed E-state index contributed by atoms with van der Waals surface area (Å²) in [6.07, 6.45) is 3.12. The largest absolute Gasteiger partial charge is 0.381 e. The van der Waals surface area contributed by atoms with E-state index < -0.39 is 0 Å². The number of nitrogens with zero attached hydrogens (tertiary/aromatic N) is 3. The predicted molar refractivity (Wildman–Crippen MR) is 113 cm³/mol. The lowest BCUT2D eigenvalue weighted by Gasteiger charge is -2.32. The number of ether oxygens (including phenoxy) is 1. The second-order valence-corrected chi connectivity index (χ2v) is 8.49. The highest BCUT2D eigenvalue weighted by Crippen LogP contribution is 2.23. The molecule has 1 atom stereocenters. The highest BCUT2D eigenvalue weighted by atomic mass is 16.5. The van der Waals surface area contributed by atoms with E-state index in [4.69, 9.17) is 4.74 Å². The summed E-state index contributed by atoms with van der Waals surface area (Å²) in [5, 5.41) is 7.82. The van der Waals surface area contributed by atoms with Crippen molar-refractivity contribution in [2.45, 2.75) is 39.7 Å². The lowest BCUT2D eigenvalue weighted by atomic mass is 9.96. The average molecular weight is 397 g/mol. The van der Waals surface area contributed by atoms with Crippen LogP contribution in [0.25, 0.3) is 5.69 Å². The molecule has 6 nitrogen and oxygen atoms in total. The third-order valence-electron chi connectivity index (χ3n) is 6.20. The van der Waals surface area contributed by atoms with E-state index in [2.05, 4.69) is 57.3 Å². The Bertz CT molecular complexity index is 833. The molecule has 0 radical (unpaired) electrons. The maximum Gasteiger partial charge on any atom is 0.225 e. The van der Waals surface area contributed by atoms with Gasteiger partial charge in [-0.25, -0.2) is 4.68 Å². The maximum atomic E-state index is 12.2. The number of hydrogen-bond acceptors (Lipinski definition) is 4. The van der Waals surface area contributed by atoms with E-state index in [-0.39, 0.29) is 11.8 Å². The first-order valence-corrected chi connectivity index (χ1v) is 10.8. The Morgan fingerprint density at radius 3 is 2.69 bits per heavy atom. The summed E-state index contributed by atoms with van der Waals surface area (Å²) in [6.45, 7) is 9.31. The molecule has 1 unspecified atom stereocenters. The minimum Gasteiger partial charge on any atom is -0.381 e. The van der Waals surface area contributed by atoms with E-state index in [0.717, 1.165) is 63.4 Å². The summed E-state index contributed by atoms with van der Waals surface area (Å²) in [7, 11) is 0. The lowest BCUT2D eigenvalue weighted by Crippen LogP contribution is -2.40. The van der Waals surface area contributed by atoms with Crippen LogP contribution in [-0.4, -0.2) is 53.4 Å². The van der Waals surface area contributed by atoms with Crippen LogP contribution >= 0.6 is 0 Å². The number of aryl methyl sites for hydroxylation is 2. The van der Waals surface area contributed by atoms with Crippen molar-refractivity contribution < 1.29 is 9.53 Å². The fourth-order valence-corrected chi connectivity index (χ4v) is 4.44. The third-order valence-corrected chi connectivity index (χ3v) is 6.20. The van der Waals surface area contributed by atoms with Crippen molar-refractivity contribution in [2.24, 2.45) is 11.8 Å². The Morgan fingerprint density at radius 1 is 1.21 bits per heavy atom. The Labute approximate surface area is 173 Å². The molecule has 2 aliphatic rings. The maximum absolute atomic E-state index is 12.2. The van der Waals surface area contributed by atoms with Crippen molar-refractivity contribution in [3.8, 4) is 5.69 Å². The van der Waals surface area contributed by atoms with Crippen LogP contribution in [0.5, 0.6) is 0 Å². The number of nitrogens with one attached hydrogen (secondary N) is 1. The van der Waals surface area contributed by atoms with Crippen LogP contribution in [0.2, 0.25) is 0 Å². The Balaban J connectivity index is 1.30. The highest BCUT2D eigenvalue weighted by Gasteiger charge is 2.25. The molecular formula is C23H32N4O2. The number of aromatic nitrogens is 2. The van der Waals surface area contributed by atoms with E-state index >= 15 is 0 Å². The fourth-order valence-electron chi connectivity index (χ4n) is 4.44. The Morgan fingerprint density at radius 2 is 2.00 bits per heavy atom. The van der Waals surface area contributed by atoms with Crippen molar-refractivity contribution in [1.82, 2.24) is 20.0 Å². The molecule has 6 heteroatoms. The van der Waals surface area contributed by atoms with Crippen LogP contribution in [0.1, 0.15) is 36.2 Å². The summed E-state index contributed by atoms with van der Waals surface area (Å²) >= 11 is 0. The van der Waals surface area contributed by atoms with E-state index in [1.54, 1.807) is 0 Å². The molecule has 0 saturated carbocycles. The van der Waals surface area contributed by atoms with Crippen LogP contribution in [0.4, 0.5) is 0 Å². The molecule has 4 rings (SSSR count). The molecule has 156 valence electrons. The second-order valence-electron chi connectivity index (χ2n) is 8.49. The number of hydrogen-bond donors (Lipinski definition) is 1. The van der Waals surface area contributed by atoms with Gasteiger partial charge >= 0.3 is 0 Å². The van der Waals surface area contributed by atoms with Crippen LogP contribution in [0.15, 0.2) is 30.3 Å². The minimum absolute atomic E-state index is 0.0565. The van der Waals surface area contributed by atoms with Crippen LogP contribution in [0.3, 0.4) is 0 Å². The van der Waals surface area contributed by atoms with Gasteiger partial charge in [0.05, 0.1) is 23.9 Å². The van der Waals surface area contributed by atoms with Gasteiger partial charge in [-0.2, -0.15) is 5.10 Å². The van der Waals surface area contributed by atoms with Gasteiger partial charge in [0.15, 0.2) is 0 Å². The molecule has 2 fully saturated rings. The topological polar surface area (TPSA) is 59.4 Å². The molecular weight excluding hydrogens is 364 g/mol. The van der Waals surface area contributed by atoms with E-state index in [9.17, 15) is 4.79 Å². The number of carbonyl (C=O) groups is 1. The molecule has 1 amide bonds. The van der Waals surface area contributed by atoms with Gasteiger partial charge in [-0.1, -0.05) is 18.2 Å². The number of carbonyl (C=O) groups excluding carboxylic acids is 1. The zero-order chi connectivity index (χ0) is 20.2. The molecule has 3 heterocycles. The fraction of sp³-hybridized carbons (Fsp3) is 0.565. The molecule has 29 heavy (non-hydrogen) atoms. The smallest absolute Gasteiger partial charge is 0.225 e. The van der Waals surface area contributed by atoms with Gasteiger partial charge in [-0.3, -0.25) is 9.69 Å². The normalized spacial score (nSPS) is 20.8. The lowest BCUT2D eigenvalue weighted by molar-refractivity contribution is -0.125. The third kappa shape index (κ3) is 4.87. The number of amides is 1. The van der Waals surface area contributed by atoms with Gasteiger partial charge in [-0.15, -0.1) is 0 Å². The van der Waals surface area contributed by atoms with Crippen molar-refractivity contribution in [2.75, 3.05) is 32.8 Å². The first-order chi connectivity index (χ1) is 14.1. The standard InChI is InChI=1S/C23H32N4O2/c1-17-13-18(2)27(25-17)22-6-4-3-5-20(22)15-26-10-7-19(8-11-26)14-24-23(28)21-9-12-29-16-21/h3-6,13,19,21H,7-12,14-16H2,1-2H3,(H,24,28). The minimum atomic E-state index is 0.0565. The molecule has 1 N–H and O–H groups in total. The molecule has 2 aromatic rings. The quantitative estimate of drug-likeness (QED) is 0.816. The first kappa shape index (κ1) is 20.1.